The second-order valence-electron chi connectivity index (χ2n) is 7.50. The van der Waals surface area contributed by atoms with Crippen LogP contribution in [-0.4, -0.2) is 0 Å². The lowest BCUT2D eigenvalue weighted by Crippen LogP contribution is -1.93. The minimum absolute atomic E-state index is 0.299. The molecule has 0 amide bonds. The standard InChI is InChI=1S/C26H28F2/c1-3-4-5-6-7-8-20-10-12-21(13-11-20)22-14-16-23(17-15-22)24-18-9-19(2)25(27)26(24)28/h9-18H,3-8H2,1-2H3. The molecule has 2 heteroatoms. The molecule has 0 radical (unpaired) electrons. The van der Waals surface area contributed by atoms with Crippen LogP contribution in [0.2, 0.25) is 0 Å². The van der Waals surface area contributed by atoms with Crippen molar-refractivity contribution in [2.24, 2.45) is 0 Å². The Bertz CT molecular complexity index is 893. The molecule has 0 nitrogen and oxygen atoms in total. The Balaban J connectivity index is 1.67. The first-order valence-electron chi connectivity index (χ1n) is 10.2. The second-order valence-corrected chi connectivity index (χ2v) is 7.50. The van der Waals surface area contributed by atoms with Gasteiger partial charge < -0.3 is 0 Å². The van der Waals surface area contributed by atoms with Gasteiger partial charge in [0.05, 0.1) is 0 Å². The first kappa shape index (κ1) is 20.3. The fourth-order valence-corrected chi connectivity index (χ4v) is 3.51. The summed E-state index contributed by atoms with van der Waals surface area (Å²) in [6.45, 7) is 3.81. The molecular formula is C26H28F2. The van der Waals surface area contributed by atoms with Crippen LogP contribution in [0.25, 0.3) is 22.3 Å². The predicted octanol–water partition coefficient (Wildman–Crippen LogP) is 8.12. The van der Waals surface area contributed by atoms with E-state index in [2.05, 4.69) is 31.2 Å². The number of rotatable bonds is 8. The molecule has 0 saturated carbocycles. The van der Waals surface area contributed by atoms with Gasteiger partial charge in [0.15, 0.2) is 11.6 Å². The quantitative estimate of drug-likeness (QED) is 0.347. The highest BCUT2D eigenvalue weighted by molar-refractivity contribution is 5.71. The van der Waals surface area contributed by atoms with Crippen LogP contribution in [-0.2, 0) is 6.42 Å². The van der Waals surface area contributed by atoms with Crippen molar-refractivity contribution in [1.29, 1.82) is 0 Å². The van der Waals surface area contributed by atoms with Crippen LogP contribution in [0, 0.1) is 18.6 Å². The molecule has 3 aromatic carbocycles. The van der Waals surface area contributed by atoms with Crippen molar-refractivity contribution in [2.75, 3.05) is 0 Å². The topological polar surface area (TPSA) is 0 Å². The van der Waals surface area contributed by atoms with Crippen LogP contribution in [0.5, 0.6) is 0 Å². The molecule has 0 heterocycles. The summed E-state index contributed by atoms with van der Waals surface area (Å²) in [5.74, 6) is -1.55. The van der Waals surface area contributed by atoms with Crippen LogP contribution in [0.4, 0.5) is 8.78 Å². The zero-order valence-corrected chi connectivity index (χ0v) is 16.8. The van der Waals surface area contributed by atoms with Crippen LogP contribution in [0.3, 0.4) is 0 Å². The van der Waals surface area contributed by atoms with Crippen molar-refractivity contribution in [3.63, 3.8) is 0 Å². The molecule has 0 aromatic heterocycles. The van der Waals surface area contributed by atoms with Gasteiger partial charge in [0.2, 0.25) is 0 Å². The van der Waals surface area contributed by atoms with E-state index >= 15 is 0 Å². The maximum Gasteiger partial charge on any atom is 0.166 e. The minimum Gasteiger partial charge on any atom is -0.203 e. The van der Waals surface area contributed by atoms with Crippen LogP contribution < -0.4 is 0 Å². The van der Waals surface area contributed by atoms with Gasteiger partial charge in [0.1, 0.15) is 0 Å². The Morgan fingerprint density at radius 3 is 1.82 bits per heavy atom. The Morgan fingerprint density at radius 2 is 1.18 bits per heavy atom. The maximum atomic E-state index is 14.2. The largest absolute Gasteiger partial charge is 0.203 e. The molecule has 3 rings (SSSR count). The van der Waals surface area contributed by atoms with Gasteiger partial charge in [0, 0.05) is 5.56 Å². The predicted molar refractivity (Wildman–Crippen MR) is 114 cm³/mol. The van der Waals surface area contributed by atoms with Crippen LogP contribution >= 0.6 is 0 Å². The average Bonchev–Trinajstić information content (AvgIpc) is 2.73. The lowest BCUT2D eigenvalue weighted by molar-refractivity contribution is 0.505. The summed E-state index contributed by atoms with van der Waals surface area (Å²) in [6.07, 6.45) is 7.60. The zero-order chi connectivity index (χ0) is 19.9. The summed E-state index contributed by atoms with van der Waals surface area (Å²) in [6, 6.07) is 19.6. The molecule has 0 spiro atoms. The summed E-state index contributed by atoms with van der Waals surface area (Å²) in [7, 11) is 0. The van der Waals surface area contributed by atoms with Gasteiger partial charge in [-0.3, -0.25) is 0 Å². The Kier molecular flexibility index (Phi) is 6.97. The molecule has 0 fully saturated rings. The Morgan fingerprint density at radius 1 is 0.607 bits per heavy atom. The van der Waals surface area contributed by atoms with Gasteiger partial charge in [-0.15, -0.1) is 0 Å². The highest BCUT2D eigenvalue weighted by Gasteiger charge is 2.12. The number of halogens is 2. The molecule has 0 bridgehead atoms. The molecule has 0 unspecified atom stereocenters. The van der Waals surface area contributed by atoms with E-state index in [9.17, 15) is 8.78 Å². The number of aryl methyl sites for hydroxylation is 2. The summed E-state index contributed by atoms with van der Waals surface area (Å²) in [5, 5.41) is 0. The van der Waals surface area contributed by atoms with E-state index in [4.69, 9.17) is 0 Å². The molecule has 0 N–H and O–H groups in total. The molecule has 0 atom stereocenters. The first-order chi connectivity index (χ1) is 13.6. The summed E-state index contributed by atoms with van der Waals surface area (Å²) in [5.41, 5.74) is 4.89. The molecule has 0 saturated heterocycles. The number of hydrogen-bond donors (Lipinski definition) is 0. The maximum absolute atomic E-state index is 14.2. The molecule has 28 heavy (non-hydrogen) atoms. The van der Waals surface area contributed by atoms with Crippen molar-refractivity contribution in [3.05, 3.63) is 83.4 Å². The Labute approximate surface area is 167 Å². The van der Waals surface area contributed by atoms with Gasteiger partial charge in [0.25, 0.3) is 0 Å². The highest BCUT2D eigenvalue weighted by Crippen LogP contribution is 2.29. The third kappa shape index (κ3) is 4.86. The Hall–Kier alpha value is -2.48. The van der Waals surface area contributed by atoms with Crippen LogP contribution in [0.1, 0.15) is 50.2 Å². The van der Waals surface area contributed by atoms with Crippen molar-refractivity contribution in [3.8, 4) is 22.3 Å². The van der Waals surface area contributed by atoms with E-state index in [-0.39, 0.29) is 0 Å². The van der Waals surface area contributed by atoms with E-state index in [0.29, 0.717) is 16.7 Å². The van der Waals surface area contributed by atoms with E-state index in [0.717, 1.165) is 17.5 Å². The van der Waals surface area contributed by atoms with E-state index < -0.39 is 11.6 Å². The lowest BCUT2D eigenvalue weighted by atomic mass is 9.97. The first-order valence-corrected chi connectivity index (χ1v) is 10.2. The van der Waals surface area contributed by atoms with Gasteiger partial charge in [-0.05, 0) is 47.6 Å². The number of benzene rings is 3. The third-order valence-electron chi connectivity index (χ3n) is 5.33. The highest BCUT2D eigenvalue weighted by atomic mass is 19.2. The normalized spacial score (nSPS) is 11.0. The molecule has 0 aliphatic heterocycles. The summed E-state index contributed by atoms with van der Waals surface area (Å²) < 4.78 is 28.0. The second kappa shape index (κ2) is 9.64. The number of hydrogen-bond acceptors (Lipinski definition) is 0. The van der Waals surface area contributed by atoms with Gasteiger partial charge in [-0.2, -0.15) is 0 Å². The lowest BCUT2D eigenvalue weighted by Gasteiger charge is -2.09. The smallest absolute Gasteiger partial charge is 0.166 e. The van der Waals surface area contributed by atoms with Gasteiger partial charge in [-0.1, -0.05) is 93.3 Å². The average molecular weight is 379 g/mol. The van der Waals surface area contributed by atoms with Crippen LogP contribution in [0.15, 0.2) is 60.7 Å². The zero-order valence-electron chi connectivity index (χ0n) is 16.8. The fourth-order valence-electron chi connectivity index (χ4n) is 3.51. The van der Waals surface area contributed by atoms with E-state index in [1.165, 1.54) is 37.7 Å². The SMILES string of the molecule is CCCCCCCc1ccc(-c2ccc(-c3ccc(C)c(F)c3F)cc2)cc1. The molecule has 0 aliphatic carbocycles. The fraction of sp³-hybridized carbons (Fsp3) is 0.308. The van der Waals surface area contributed by atoms with E-state index in [1.807, 2.05) is 24.3 Å². The molecule has 0 aliphatic rings. The monoisotopic (exact) mass is 378 g/mol. The van der Waals surface area contributed by atoms with E-state index in [1.54, 1.807) is 19.1 Å². The molecule has 146 valence electrons. The minimum atomic E-state index is -0.781. The number of unbranched alkanes of at least 4 members (excludes halogenated alkanes) is 4. The van der Waals surface area contributed by atoms with Crippen molar-refractivity contribution < 1.29 is 8.78 Å². The van der Waals surface area contributed by atoms with Gasteiger partial charge >= 0.3 is 0 Å². The van der Waals surface area contributed by atoms with Crippen molar-refractivity contribution in [2.45, 2.75) is 52.4 Å². The third-order valence-corrected chi connectivity index (χ3v) is 5.33. The summed E-state index contributed by atoms with van der Waals surface area (Å²) >= 11 is 0. The molecular weight excluding hydrogens is 350 g/mol. The van der Waals surface area contributed by atoms with Gasteiger partial charge in [-0.25, -0.2) is 8.78 Å². The molecule has 3 aromatic rings. The van der Waals surface area contributed by atoms with Crippen molar-refractivity contribution in [1.82, 2.24) is 0 Å². The van der Waals surface area contributed by atoms with Crippen molar-refractivity contribution >= 4 is 0 Å². The summed E-state index contributed by atoms with van der Waals surface area (Å²) in [4.78, 5) is 0.